The van der Waals surface area contributed by atoms with Gasteiger partial charge in [-0.15, -0.1) is 0 Å². The molecule has 0 aliphatic heterocycles. The average Bonchev–Trinajstić information content (AvgIpc) is 2.97. The van der Waals surface area contributed by atoms with Gasteiger partial charge in [0.15, 0.2) is 0 Å². The highest BCUT2D eigenvalue weighted by atomic mass is 16.2. The third kappa shape index (κ3) is 2.82. The second-order valence-corrected chi connectivity index (χ2v) is 4.57. The number of hydrogen-bond acceptors (Lipinski definition) is 4. The largest absolute Gasteiger partial charge is 0.337 e. The summed E-state index contributed by atoms with van der Waals surface area (Å²) < 4.78 is 3.50. The minimum atomic E-state index is -0.695. The second kappa shape index (κ2) is 5.23. The first-order valence-electron chi connectivity index (χ1n) is 5.94. The van der Waals surface area contributed by atoms with Crippen LogP contribution in [-0.4, -0.2) is 37.2 Å². The van der Waals surface area contributed by atoms with Crippen molar-refractivity contribution in [3.63, 3.8) is 0 Å². The molecule has 1 unspecified atom stereocenters. The molecule has 2 aromatic heterocycles. The highest BCUT2D eigenvalue weighted by Gasteiger charge is 2.21. The topological polar surface area (TPSA) is 82.0 Å². The van der Waals surface area contributed by atoms with Gasteiger partial charge < -0.3 is 15.2 Å². The number of likely N-dealkylation sites (N-methyl/N-ethyl adjacent to an activating group) is 1. The molecule has 7 nitrogen and oxygen atoms in total. The molecule has 1 amide bonds. The number of carbonyl (C=O) groups excluding carboxylic acids is 1. The lowest BCUT2D eigenvalue weighted by molar-refractivity contribution is -0.132. The Morgan fingerprint density at radius 3 is 2.79 bits per heavy atom. The Morgan fingerprint density at radius 2 is 2.26 bits per heavy atom. The zero-order chi connectivity index (χ0) is 14.0. The highest BCUT2D eigenvalue weighted by molar-refractivity contribution is 5.82. The van der Waals surface area contributed by atoms with Crippen LogP contribution in [0.25, 0.3) is 0 Å². The molecule has 0 aliphatic carbocycles. The summed E-state index contributed by atoms with van der Waals surface area (Å²) in [5, 5.41) is 4.02. The number of nitrogens with zero attached hydrogens (tertiary/aromatic N) is 5. The molecule has 2 heterocycles. The predicted octanol–water partition coefficient (Wildman–Crippen LogP) is -0.188. The van der Waals surface area contributed by atoms with Crippen molar-refractivity contribution in [3.05, 3.63) is 36.2 Å². The summed E-state index contributed by atoms with van der Waals surface area (Å²) in [6.45, 7) is 0.427. The number of nitrogens with two attached hydrogens (primary N) is 1. The SMILES string of the molecule is CN(Cc1nccn1C)C(=O)C(N)c1cnn(C)c1. The summed E-state index contributed by atoms with van der Waals surface area (Å²) in [5.41, 5.74) is 6.66. The average molecular weight is 262 g/mol. The maximum Gasteiger partial charge on any atom is 0.244 e. The van der Waals surface area contributed by atoms with E-state index in [0.29, 0.717) is 12.1 Å². The van der Waals surface area contributed by atoms with Gasteiger partial charge in [-0.25, -0.2) is 4.98 Å². The van der Waals surface area contributed by atoms with Crippen molar-refractivity contribution >= 4 is 5.91 Å². The number of aryl methyl sites for hydroxylation is 2. The molecule has 0 spiro atoms. The van der Waals surface area contributed by atoms with E-state index in [9.17, 15) is 4.79 Å². The Bertz CT molecular complexity index is 572. The van der Waals surface area contributed by atoms with Crippen LogP contribution in [-0.2, 0) is 25.4 Å². The number of imidazole rings is 1. The molecule has 0 bridgehead atoms. The molecule has 0 saturated heterocycles. The lowest BCUT2D eigenvalue weighted by Gasteiger charge is -2.20. The summed E-state index contributed by atoms with van der Waals surface area (Å²) >= 11 is 0. The molecule has 0 fully saturated rings. The van der Waals surface area contributed by atoms with Gasteiger partial charge in [0.1, 0.15) is 11.9 Å². The van der Waals surface area contributed by atoms with Crippen molar-refractivity contribution in [2.24, 2.45) is 19.8 Å². The number of aromatic nitrogens is 4. The van der Waals surface area contributed by atoms with E-state index < -0.39 is 6.04 Å². The smallest absolute Gasteiger partial charge is 0.244 e. The van der Waals surface area contributed by atoms with E-state index in [-0.39, 0.29) is 5.91 Å². The Morgan fingerprint density at radius 1 is 1.53 bits per heavy atom. The van der Waals surface area contributed by atoms with Crippen LogP contribution in [0.3, 0.4) is 0 Å². The molecule has 102 valence electrons. The van der Waals surface area contributed by atoms with Gasteiger partial charge in [0.05, 0.1) is 12.7 Å². The zero-order valence-electron chi connectivity index (χ0n) is 11.3. The molecule has 0 aliphatic rings. The standard InChI is InChI=1S/C12H18N6O/c1-16-5-4-14-10(16)8-17(2)12(19)11(13)9-6-15-18(3)7-9/h4-7,11H,8,13H2,1-3H3. The Balaban J connectivity index is 2.05. The number of amides is 1. The quantitative estimate of drug-likeness (QED) is 0.828. The molecule has 19 heavy (non-hydrogen) atoms. The van der Waals surface area contributed by atoms with Crippen LogP contribution in [0.15, 0.2) is 24.8 Å². The van der Waals surface area contributed by atoms with Crippen LogP contribution in [0.4, 0.5) is 0 Å². The van der Waals surface area contributed by atoms with Gasteiger partial charge in [0, 0.05) is 45.3 Å². The first kappa shape index (κ1) is 13.3. The van der Waals surface area contributed by atoms with Crippen LogP contribution in [0, 0.1) is 0 Å². The fraction of sp³-hybridized carbons (Fsp3) is 0.417. The normalized spacial score (nSPS) is 12.4. The van der Waals surface area contributed by atoms with Crippen molar-refractivity contribution in [2.45, 2.75) is 12.6 Å². The molecule has 0 aromatic carbocycles. The second-order valence-electron chi connectivity index (χ2n) is 4.57. The fourth-order valence-corrected chi connectivity index (χ4v) is 1.82. The summed E-state index contributed by atoms with van der Waals surface area (Å²) in [5.74, 6) is 0.658. The van der Waals surface area contributed by atoms with Gasteiger partial charge in [0.2, 0.25) is 5.91 Å². The summed E-state index contributed by atoms with van der Waals surface area (Å²) in [4.78, 5) is 18.0. The van der Waals surface area contributed by atoms with E-state index in [0.717, 1.165) is 5.82 Å². The Hall–Kier alpha value is -2.15. The van der Waals surface area contributed by atoms with Gasteiger partial charge in [-0.3, -0.25) is 9.48 Å². The lowest BCUT2D eigenvalue weighted by atomic mass is 10.1. The monoisotopic (exact) mass is 262 g/mol. The van der Waals surface area contributed by atoms with Gasteiger partial charge in [-0.1, -0.05) is 0 Å². The Labute approximate surface area is 111 Å². The first-order valence-corrected chi connectivity index (χ1v) is 5.94. The van der Waals surface area contributed by atoms with E-state index in [1.807, 2.05) is 17.8 Å². The van der Waals surface area contributed by atoms with E-state index >= 15 is 0 Å². The van der Waals surface area contributed by atoms with Crippen molar-refractivity contribution in [1.82, 2.24) is 24.2 Å². The van der Waals surface area contributed by atoms with Crippen LogP contribution in [0.5, 0.6) is 0 Å². The molecular weight excluding hydrogens is 244 g/mol. The van der Waals surface area contributed by atoms with Crippen LogP contribution in [0.1, 0.15) is 17.4 Å². The predicted molar refractivity (Wildman–Crippen MR) is 69.8 cm³/mol. The van der Waals surface area contributed by atoms with Gasteiger partial charge >= 0.3 is 0 Å². The zero-order valence-corrected chi connectivity index (χ0v) is 11.3. The summed E-state index contributed by atoms with van der Waals surface area (Å²) in [6.07, 6.45) is 6.90. The minimum absolute atomic E-state index is 0.156. The Kier molecular flexibility index (Phi) is 3.66. The fourth-order valence-electron chi connectivity index (χ4n) is 1.82. The van der Waals surface area contributed by atoms with E-state index in [4.69, 9.17) is 5.73 Å². The van der Waals surface area contributed by atoms with Crippen molar-refractivity contribution in [2.75, 3.05) is 7.05 Å². The van der Waals surface area contributed by atoms with E-state index in [2.05, 4.69) is 10.1 Å². The third-order valence-corrected chi connectivity index (χ3v) is 3.03. The molecule has 1 atom stereocenters. The number of hydrogen-bond donors (Lipinski definition) is 1. The molecule has 2 aromatic rings. The van der Waals surface area contributed by atoms with Crippen molar-refractivity contribution in [1.29, 1.82) is 0 Å². The maximum atomic E-state index is 12.2. The van der Waals surface area contributed by atoms with E-state index in [1.165, 1.54) is 0 Å². The summed E-state index contributed by atoms with van der Waals surface area (Å²) in [7, 11) is 5.40. The van der Waals surface area contributed by atoms with Crippen LogP contribution < -0.4 is 5.73 Å². The highest BCUT2D eigenvalue weighted by Crippen LogP contribution is 2.12. The minimum Gasteiger partial charge on any atom is -0.337 e. The number of rotatable bonds is 4. The van der Waals surface area contributed by atoms with Crippen LogP contribution >= 0.6 is 0 Å². The molecule has 2 N–H and O–H groups in total. The summed E-state index contributed by atoms with van der Waals surface area (Å²) in [6, 6.07) is -0.695. The third-order valence-electron chi connectivity index (χ3n) is 3.03. The van der Waals surface area contributed by atoms with Gasteiger partial charge in [-0.05, 0) is 0 Å². The molecule has 2 rings (SSSR count). The lowest BCUT2D eigenvalue weighted by Crippen LogP contribution is -2.35. The molecule has 0 radical (unpaired) electrons. The van der Waals surface area contributed by atoms with Crippen molar-refractivity contribution < 1.29 is 4.79 Å². The van der Waals surface area contributed by atoms with Gasteiger partial charge in [-0.2, -0.15) is 5.10 Å². The molecular formula is C12H18N6O. The van der Waals surface area contributed by atoms with Crippen LogP contribution in [0.2, 0.25) is 0 Å². The number of carbonyl (C=O) groups is 1. The molecule has 0 saturated carbocycles. The maximum absolute atomic E-state index is 12.2. The molecule has 7 heteroatoms. The first-order chi connectivity index (χ1) is 8.99. The van der Waals surface area contributed by atoms with E-state index in [1.54, 1.807) is 42.3 Å². The van der Waals surface area contributed by atoms with Crippen molar-refractivity contribution in [3.8, 4) is 0 Å². The van der Waals surface area contributed by atoms with Gasteiger partial charge in [0.25, 0.3) is 0 Å².